The van der Waals surface area contributed by atoms with E-state index in [2.05, 4.69) is 60.1 Å². The Balaban J connectivity index is 1.20. The number of β-amino-alcohol motifs (C(OH)–C–C–N with tert-alkyl or cyclic N) is 2. The van der Waals surface area contributed by atoms with Crippen molar-refractivity contribution >= 4 is 27.2 Å². The van der Waals surface area contributed by atoms with E-state index in [1.165, 1.54) is 0 Å². The molecule has 3 saturated carbocycles. The summed E-state index contributed by atoms with van der Waals surface area (Å²) < 4.78 is 1.14. The van der Waals surface area contributed by atoms with Crippen molar-refractivity contribution in [3.05, 3.63) is 59.0 Å². The number of Topliss-reactive ketones (excluding diaryl/α,β-unsaturated/α-hetero) is 1. The SMILES string of the molecule is CC12CCC(O)CC13C=CC1(C(C(=O)c4cc5ccccc5s4)=C3)C2CCC2(C)C1CCC2(O)CN1CCN(CCO)CC1. The average Bonchev–Trinajstić information content (AvgIpc) is 3.56. The maximum absolute atomic E-state index is 14.9. The van der Waals surface area contributed by atoms with Crippen molar-refractivity contribution in [1.82, 2.24) is 9.80 Å². The van der Waals surface area contributed by atoms with Crippen LogP contribution in [0.5, 0.6) is 0 Å². The zero-order chi connectivity index (χ0) is 30.5. The van der Waals surface area contributed by atoms with Crippen LogP contribution in [-0.2, 0) is 0 Å². The first-order valence-electron chi connectivity index (χ1n) is 17.0. The number of thiophene rings is 1. The topological polar surface area (TPSA) is 84.2 Å². The van der Waals surface area contributed by atoms with Crippen molar-refractivity contribution in [2.45, 2.75) is 70.5 Å². The first kappa shape index (κ1) is 29.5. The number of aliphatic hydroxyl groups excluding tert-OH is 2. The number of hydrogen-bond acceptors (Lipinski definition) is 7. The van der Waals surface area contributed by atoms with Crippen LogP contribution in [0.2, 0.25) is 0 Å². The number of allylic oxidation sites excluding steroid dienone is 4. The minimum absolute atomic E-state index is 0.0179. The monoisotopic (exact) mass is 616 g/mol. The van der Waals surface area contributed by atoms with Gasteiger partial charge in [0.05, 0.1) is 23.2 Å². The molecule has 0 radical (unpaired) electrons. The summed E-state index contributed by atoms with van der Waals surface area (Å²) in [7, 11) is 0. The number of benzene rings is 1. The lowest BCUT2D eigenvalue weighted by Gasteiger charge is -2.71. The number of aliphatic hydroxyl groups is 3. The van der Waals surface area contributed by atoms with Crippen molar-refractivity contribution in [2.24, 2.45) is 33.5 Å². The second-order valence-electron chi connectivity index (χ2n) is 15.6. The highest BCUT2D eigenvalue weighted by Gasteiger charge is 2.74. The van der Waals surface area contributed by atoms with Crippen LogP contribution in [0.3, 0.4) is 0 Å². The van der Waals surface area contributed by atoms with Crippen molar-refractivity contribution < 1.29 is 20.1 Å². The van der Waals surface area contributed by atoms with Crippen LogP contribution in [0.4, 0.5) is 0 Å². The highest BCUT2D eigenvalue weighted by atomic mass is 32.1. The summed E-state index contributed by atoms with van der Waals surface area (Å²) in [5.41, 5.74) is -0.918. The molecule has 236 valence electrons. The fraction of sp³-hybridized carbons (Fsp3) is 0.649. The van der Waals surface area contributed by atoms with E-state index in [-0.39, 0.29) is 40.7 Å². The number of carbonyl (C=O) groups excluding carboxylic acids is 1. The van der Waals surface area contributed by atoms with Gasteiger partial charge in [-0.15, -0.1) is 11.3 Å². The van der Waals surface area contributed by atoms with Gasteiger partial charge in [0.1, 0.15) is 0 Å². The Morgan fingerprint density at radius 3 is 2.43 bits per heavy atom. The van der Waals surface area contributed by atoms with Crippen molar-refractivity contribution in [3.8, 4) is 0 Å². The molecule has 2 bridgehead atoms. The molecule has 8 atom stereocenters. The van der Waals surface area contributed by atoms with Gasteiger partial charge in [0.25, 0.3) is 0 Å². The van der Waals surface area contributed by atoms with Gasteiger partial charge in [0.15, 0.2) is 5.78 Å². The molecule has 2 aromatic rings. The normalized spacial score (nSPS) is 43.5. The van der Waals surface area contributed by atoms with Crippen LogP contribution in [-0.4, -0.2) is 88.5 Å². The smallest absolute Gasteiger partial charge is 0.199 e. The molecule has 7 aliphatic rings. The van der Waals surface area contributed by atoms with Crippen molar-refractivity contribution in [2.75, 3.05) is 45.9 Å². The summed E-state index contributed by atoms with van der Waals surface area (Å²) in [4.78, 5) is 20.4. The Morgan fingerprint density at radius 1 is 0.955 bits per heavy atom. The standard InChI is InChI=1S/C37H48N2O4S/c1-33-10-7-26(41)22-35(33)13-14-37(27(23-35)32(42)29-21-25-5-3-4-6-28(25)44-29)30(33)8-11-34(2)31(37)9-12-36(34,43)24-39-17-15-38(16-18-39)19-20-40/h3-6,13-14,21,23,26,30-31,40-41,43H,7-12,15-20,22,24H2,1-2H3. The Bertz CT molecular complexity index is 1510. The molecule has 1 aliphatic heterocycles. The summed E-state index contributed by atoms with van der Waals surface area (Å²) in [6.07, 6.45) is 12.9. The summed E-state index contributed by atoms with van der Waals surface area (Å²) in [5, 5.41) is 34.2. The molecule has 2 spiro atoms. The molecule has 1 aromatic heterocycles. The fourth-order valence-electron chi connectivity index (χ4n) is 11.5. The van der Waals surface area contributed by atoms with Gasteiger partial charge < -0.3 is 15.3 Å². The van der Waals surface area contributed by atoms with Gasteiger partial charge in [-0.05, 0) is 79.7 Å². The molecule has 4 fully saturated rings. The fourth-order valence-corrected chi connectivity index (χ4v) is 12.5. The molecule has 0 amide bonds. The lowest BCUT2D eigenvalue weighted by Crippen LogP contribution is -2.67. The molecule has 2 heterocycles. The number of fused-ring (bicyclic) bond motifs is 2. The Kier molecular flexibility index (Phi) is 6.75. The first-order chi connectivity index (χ1) is 21.1. The molecule has 44 heavy (non-hydrogen) atoms. The molecule has 9 rings (SSSR count). The zero-order valence-electron chi connectivity index (χ0n) is 26.3. The highest BCUT2D eigenvalue weighted by Crippen LogP contribution is 2.78. The van der Waals surface area contributed by atoms with Gasteiger partial charge in [-0.3, -0.25) is 14.6 Å². The number of hydrogen-bond donors (Lipinski definition) is 3. The predicted octanol–water partition coefficient (Wildman–Crippen LogP) is 5.29. The first-order valence-corrected chi connectivity index (χ1v) is 17.8. The third-order valence-electron chi connectivity index (χ3n) is 14.0. The molecule has 1 saturated heterocycles. The number of nitrogens with zero attached hydrogens (tertiary/aromatic N) is 2. The van der Waals surface area contributed by atoms with Gasteiger partial charge in [-0.25, -0.2) is 0 Å². The van der Waals surface area contributed by atoms with Crippen LogP contribution < -0.4 is 0 Å². The molecule has 8 unspecified atom stereocenters. The van der Waals surface area contributed by atoms with E-state index in [1.807, 2.05) is 12.1 Å². The van der Waals surface area contributed by atoms with E-state index >= 15 is 0 Å². The second-order valence-corrected chi connectivity index (χ2v) is 16.7. The maximum atomic E-state index is 14.9. The second kappa shape index (κ2) is 10.1. The van der Waals surface area contributed by atoms with Crippen LogP contribution >= 0.6 is 11.3 Å². The maximum Gasteiger partial charge on any atom is 0.199 e. The third kappa shape index (κ3) is 3.86. The van der Waals surface area contributed by atoms with E-state index in [0.29, 0.717) is 25.4 Å². The molecule has 1 aromatic carbocycles. The molecule has 6 aliphatic carbocycles. The lowest BCUT2D eigenvalue weighted by atomic mass is 9.32. The molecule has 7 heteroatoms. The average molecular weight is 617 g/mol. The highest BCUT2D eigenvalue weighted by molar-refractivity contribution is 7.21. The number of ketones is 1. The minimum atomic E-state index is -0.814. The Hall–Kier alpha value is -1.87. The van der Waals surface area contributed by atoms with E-state index in [9.17, 15) is 20.1 Å². The Morgan fingerprint density at radius 2 is 1.66 bits per heavy atom. The Labute approximate surface area is 265 Å². The summed E-state index contributed by atoms with van der Waals surface area (Å²) in [5.74, 6) is 0.646. The minimum Gasteiger partial charge on any atom is -0.395 e. The van der Waals surface area contributed by atoms with Crippen LogP contribution in [0.1, 0.15) is 68.5 Å². The molecule has 3 N–H and O–H groups in total. The number of rotatable bonds is 6. The van der Waals surface area contributed by atoms with Gasteiger partial charge in [0.2, 0.25) is 0 Å². The lowest BCUT2D eigenvalue weighted by molar-refractivity contribution is -0.177. The van der Waals surface area contributed by atoms with Crippen LogP contribution in [0.25, 0.3) is 10.1 Å². The number of piperazine rings is 1. The van der Waals surface area contributed by atoms with E-state index in [0.717, 1.165) is 85.2 Å². The van der Waals surface area contributed by atoms with Crippen molar-refractivity contribution in [1.29, 1.82) is 0 Å². The van der Waals surface area contributed by atoms with Gasteiger partial charge in [0, 0.05) is 65.8 Å². The third-order valence-corrected chi connectivity index (χ3v) is 15.1. The van der Waals surface area contributed by atoms with Gasteiger partial charge in [-0.1, -0.05) is 50.3 Å². The zero-order valence-corrected chi connectivity index (χ0v) is 27.1. The summed E-state index contributed by atoms with van der Waals surface area (Å²) in [6, 6.07) is 10.4. The predicted molar refractivity (Wildman–Crippen MR) is 175 cm³/mol. The summed E-state index contributed by atoms with van der Waals surface area (Å²) >= 11 is 1.60. The van der Waals surface area contributed by atoms with E-state index in [1.54, 1.807) is 11.3 Å². The molecular formula is C37H48N2O4S. The van der Waals surface area contributed by atoms with Crippen molar-refractivity contribution in [3.63, 3.8) is 0 Å². The van der Waals surface area contributed by atoms with Crippen LogP contribution in [0.15, 0.2) is 54.1 Å². The molecular weight excluding hydrogens is 568 g/mol. The van der Waals surface area contributed by atoms with Crippen LogP contribution in [0, 0.1) is 33.5 Å². The summed E-state index contributed by atoms with van der Waals surface area (Å²) in [6.45, 7) is 10.1. The molecule has 6 nitrogen and oxygen atoms in total. The number of carbonyl (C=O) groups is 1. The van der Waals surface area contributed by atoms with Gasteiger partial charge in [-0.2, -0.15) is 0 Å². The largest absolute Gasteiger partial charge is 0.395 e. The van der Waals surface area contributed by atoms with E-state index < -0.39 is 11.0 Å². The van der Waals surface area contributed by atoms with Gasteiger partial charge >= 0.3 is 0 Å². The quantitative estimate of drug-likeness (QED) is 0.303. The van der Waals surface area contributed by atoms with E-state index in [4.69, 9.17) is 0 Å².